The van der Waals surface area contributed by atoms with Crippen molar-refractivity contribution in [3.63, 3.8) is 0 Å². The van der Waals surface area contributed by atoms with Gasteiger partial charge >= 0.3 is 6.18 Å². The summed E-state index contributed by atoms with van der Waals surface area (Å²) in [6.07, 6.45) is -3.29. The van der Waals surface area contributed by atoms with E-state index in [1.165, 1.54) is 6.20 Å². The first-order valence-corrected chi connectivity index (χ1v) is 13.2. The Kier molecular flexibility index (Phi) is 7.84. The average Bonchev–Trinajstić information content (AvgIpc) is 2.92. The molecule has 1 N–H and O–H groups in total. The minimum absolute atomic E-state index is 0.0927. The Morgan fingerprint density at radius 2 is 1.79 bits per heavy atom. The minimum Gasteiger partial charge on any atom is -0.392 e. The number of rotatable bonds is 5. The number of hydrogen-bond donors (Lipinski definition) is 1. The molecule has 8 nitrogen and oxygen atoms in total. The molecule has 0 amide bonds. The van der Waals surface area contributed by atoms with Gasteiger partial charge in [0.2, 0.25) is 5.95 Å². The topological polar surface area (TPSA) is 77.9 Å². The van der Waals surface area contributed by atoms with Gasteiger partial charge in [-0.15, -0.1) is 0 Å². The van der Waals surface area contributed by atoms with E-state index in [9.17, 15) is 18.3 Å². The normalized spacial score (nSPS) is 20.4. The van der Waals surface area contributed by atoms with Gasteiger partial charge < -0.3 is 24.5 Å². The number of ether oxygens (including phenoxy) is 1. The highest BCUT2D eigenvalue weighted by Gasteiger charge is 2.38. The molecule has 4 heterocycles. The molecule has 2 aliphatic heterocycles. The predicted octanol–water partition coefficient (Wildman–Crippen LogP) is 4.64. The van der Waals surface area contributed by atoms with Crippen LogP contribution < -0.4 is 14.7 Å². The standard InChI is InChI=1S/C27H30ClF3N6O2/c1-17-14-35(25-22(27(29,30)31)11-19(15-38)13-32-25)7-8-36(17)24-12-23(20-3-5-21(28)6-4-20)33-26(34-24)37-9-10-39-16-18(37)2/h3-6,11-13,17-18,38H,7-10,14-16H2,1-2H3. The van der Waals surface area contributed by atoms with Crippen LogP contribution in [0.4, 0.5) is 30.8 Å². The fraction of sp³-hybridized carbons (Fsp3) is 0.444. The highest BCUT2D eigenvalue weighted by molar-refractivity contribution is 6.30. The van der Waals surface area contributed by atoms with Crippen LogP contribution in [0.25, 0.3) is 11.3 Å². The number of hydrogen-bond acceptors (Lipinski definition) is 8. The summed E-state index contributed by atoms with van der Waals surface area (Å²) in [7, 11) is 0. The van der Waals surface area contributed by atoms with Crippen LogP contribution in [0.15, 0.2) is 42.6 Å². The summed E-state index contributed by atoms with van der Waals surface area (Å²) in [6.45, 7) is 6.40. The Morgan fingerprint density at radius 1 is 1.03 bits per heavy atom. The second-order valence-electron chi connectivity index (χ2n) is 9.89. The molecule has 39 heavy (non-hydrogen) atoms. The van der Waals surface area contributed by atoms with Crippen LogP contribution in [0.1, 0.15) is 25.0 Å². The summed E-state index contributed by atoms with van der Waals surface area (Å²) in [4.78, 5) is 19.7. The zero-order valence-corrected chi connectivity index (χ0v) is 22.5. The molecule has 2 unspecified atom stereocenters. The summed E-state index contributed by atoms with van der Waals surface area (Å²) in [5.74, 6) is 1.16. The van der Waals surface area contributed by atoms with Crippen LogP contribution in [0, 0.1) is 0 Å². The van der Waals surface area contributed by atoms with Gasteiger partial charge in [0.25, 0.3) is 0 Å². The molecule has 0 bridgehead atoms. The second kappa shape index (κ2) is 11.1. The van der Waals surface area contributed by atoms with E-state index < -0.39 is 18.3 Å². The Morgan fingerprint density at radius 3 is 2.46 bits per heavy atom. The van der Waals surface area contributed by atoms with Crippen molar-refractivity contribution >= 4 is 29.2 Å². The number of aliphatic hydroxyl groups excluding tert-OH is 1. The number of benzene rings is 1. The predicted molar refractivity (Wildman–Crippen MR) is 144 cm³/mol. The maximum Gasteiger partial charge on any atom is 0.419 e. The van der Waals surface area contributed by atoms with Gasteiger partial charge in [0.15, 0.2) is 0 Å². The van der Waals surface area contributed by atoms with Gasteiger partial charge in [-0.1, -0.05) is 23.7 Å². The van der Waals surface area contributed by atoms with Crippen LogP contribution in [-0.2, 0) is 17.5 Å². The molecule has 0 radical (unpaired) electrons. The number of pyridine rings is 1. The third kappa shape index (κ3) is 5.90. The molecule has 0 saturated carbocycles. The van der Waals surface area contributed by atoms with Crippen LogP contribution in [0.5, 0.6) is 0 Å². The maximum atomic E-state index is 13.8. The van der Waals surface area contributed by atoms with E-state index in [0.29, 0.717) is 56.2 Å². The van der Waals surface area contributed by atoms with E-state index in [1.54, 1.807) is 4.90 Å². The second-order valence-corrected chi connectivity index (χ2v) is 10.3. The highest BCUT2D eigenvalue weighted by atomic mass is 35.5. The summed E-state index contributed by atoms with van der Waals surface area (Å²) < 4.78 is 47.1. The van der Waals surface area contributed by atoms with Gasteiger partial charge in [-0.2, -0.15) is 18.2 Å². The van der Waals surface area contributed by atoms with Crippen LogP contribution in [0.3, 0.4) is 0 Å². The molecule has 2 saturated heterocycles. The van der Waals surface area contributed by atoms with Crippen LogP contribution in [0.2, 0.25) is 5.02 Å². The zero-order chi connectivity index (χ0) is 27.7. The van der Waals surface area contributed by atoms with Crippen molar-refractivity contribution in [1.82, 2.24) is 15.0 Å². The Labute approximate surface area is 230 Å². The first kappa shape index (κ1) is 27.4. The monoisotopic (exact) mass is 562 g/mol. The van der Waals surface area contributed by atoms with Gasteiger partial charge in [0, 0.05) is 55.1 Å². The lowest BCUT2D eigenvalue weighted by atomic mass is 10.1. The van der Waals surface area contributed by atoms with Crippen molar-refractivity contribution in [2.75, 3.05) is 54.1 Å². The first-order chi connectivity index (χ1) is 18.6. The largest absolute Gasteiger partial charge is 0.419 e. The molecule has 2 fully saturated rings. The van der Waals surface area contributed by atoms with Crippen LogP contribution in [-0.4, -0.2) is 71.5 Å². The van der Waals surface area contributed by atoms with Gasteiger partial charge in [0.05, 0.1) is 37.1 Å². The lowest BCUT2D eigenvalue weighted by Gasteiger charge is -2.42. The van der Waals surface area contributed by atoms with Crippen molar-refractivity contribution in [1.29, 1.82) is 0 Å². The number of halogens is 4. The lowest BCUT2D eigenvalue weighted by Crippen LogP contribution is -2.53. The molecule has 5 rings (SSSR count). The fourth-order valence-electron chi connectivity index (χ4n) is 5.03. The molecule has 12 heteroatoms. The molecule has 208 valence electrons. The van der Waals surface area contributed by atoms with E-state index >= 15 is 0 Å². The van der Waals surface area contributed by atoms with Crippen molar-refractivity contribution in [3.8, 4) is 11.3 Å². The van der Waals surface area contributed by atoms with Gasteiger partial charge in [0.1, 0.15) is 11.6 Å². The molecule has 2 aliphatic rings. The number of nitrogens with zero attached hydrogens (tertiary/aromatic N) is 6. The van der Waals surface area contributed by atoms with E-state index in [-0.39, 0.29) is 23.5 Å². The number of aliphatic hydroxyl groups is 1. The smallest absolute Gasteiger partial charge is 0.392 e. The summed E-state index contributed by atoms with van der Waals surface area (Å²) in [5, 5.41) is 9.95. The van der Waals surface area contributed by atoms with Gasteiger partial charge in [-0.05, 0) is 37.6 Å². The van der Waals surface area contributed by atoms with Crippen molar-refractivity contribution in [2.24, 2.45) is 0 Å². The molecule has 0 spiro atoms. The molecular weight excluding hydrogens is 533 g/mol. The molecular formula is C27H30ClF3N6O2. The third-order valence-corrected chi connectivity index (χ3v) is 7.35. The Bertz CT molecular complexity index is 1310. The number of anilines is 3. The Hall–Kier alpha value is -3.15. The third-order valence-electron chi connectivity index (χ3n) is 7.10. The van der Waals surface area contributed by atoms with Crippen molar-refractivity contribution in [2.45, 2.75) is 38.7 Å². The summed E-state index contributed by atoms with van der Waals surface area (Å²) in [5.41, 5.74) is 0.906. The van der Waals surface area contributed by atoms with E-state index in [0.717, 1.165) is 17.3 Å². The number of alkyl halides is 3. The highest BCUT2D eigenvalue weighted by Crippen LogP contribution is 2.37. The molecule has 2 aromatic heterocycles. The first-order valence-electron chi connectivity index (χ1n) is 12.8. The average molecular weight is 563 g/mol. The van der Waals surface area contributed by atoms with Crippen LogP contribution >= 0.6 is 11.6 Å². The zero-order valence-electron chi connectivity index (χ0n) is 21.7. The van der Waals surface area contributed by atoms with Crippen molar-refractivity contribution in [3.05, 3.63) is 58.7 Å². The molecule has 2 atom stereocenters. The maximum absolute atomic E-state index is 13.8. The van der Waals surface area contributed by atoms with Gasteiger partial charge in [-0.3, -0.25) is 0 Å². The van der Waals surface area contributed by atoms with Crippen molar-refractivity contribution < 1.29 is 23.0 Å². The Balaban J connectivity index is 1.46. The lowest BCUT2D eigenvalue weighted by molar-refractivity contribution is -0.137. The molecule has 1 aromatic carbocycles. The molecule has 0 aliphatic carbocycles. The quantitative estimate of drug-likeness (QED) is 0.482. The SMILES string of the molecule is CC1CN(c2ncc(CO)cc2C(F)(F)F)CCN1c1cc(-c2ccc(Cl)cc2)nc(N2CCOCC2C)n1. The number of aromatic nitrogens is 3. The number of morpholine rings is 1. The van der Waals surface area contributed by atoms with Gasteiger partial charge in [-0.25, -0.2) is 9.97 Å². The van der Waals surface area contributed by atoms with E-state index in [2.05, 4.69) is 21.7 Å². The summed E-state index contributed by atoms with van der Waals surface area (Å²) in [6, 6.07) is 10.2. The fourth-order valence-corrected chi connectivity index (χ4v) is 5.15. The number of piperazine rings is 1. The van der Waals surface area contributed by atoms with E-state index in [1.807, 2.05) is 37.3 Å². The minimum atomic E-state index is -4.59. The summed E-state index contributed by atoms with van der Waals surface area (Å²) >= 11 is 6.11. The molecule has 3 aromatic rings. The van der Waals surface area contributed by atoms with E-state index in [4.69, 9.17) is 26.3 Å².